The number of ether oxygens (including phenoxy) is 1. The zero-order chi connectivity index (χ0) is 13.7. The van der Waals surface area contributed by atoms with Gasteiger partial charge in [0.15, 0.2) is 6.04 Å². The van der Waals surface area contributed by atoms with Crippen LogP contribution in [0, 0.1) is 5.82 Å². The van der Waals surface area contributed by atoms with Crippen molar-refractivity contribution < 1.29 is 23.8 Å². The fourth-order valence-corrected chi connectivity index (χ4v) is 1.35. The molecule has 0 spiro atoms. The number of aliphatic carboxylic acids is 1. The Labute approximate surface area is 107 Å². The van der Waals surface area contributed by atoms with E-state index in [2.05, 4.69) is 15.0 Å². The van der Waals surface area contributed by atoms with Crippen LogP contribution in [0.25, 0.3) is 0 Å². The monoisotopic (exact) mass is 276 g/mol. The fraction of sp³-hybridized carbons (Fsp3) is 0.300. The Morgan fingerprint density at radius 2 is 2.33 bits per heavy atom. The minimum Gasteiger partial charge on any atom is -0.480 e. The van der Waals surface area contributed by atoms with Gasteiger partial charge in [-0.25, -0.2) is 14.2 Å². The molecule has 0 saturated heterocycles. The first-order valence-corrected chi connectivity index (χ1v) is 5.17. The number of nitrogens with one attached hydrogen (secondary N) is 1. The van der Waals surface area contributed by atoms with Crippen molar-refractivity contribution in [2.75, 3.05) is 13.7 Å². The molecule has 6 nitrogen and oxygen atoms in total. The molecule has 1 aromatic heterocycles. The number of nitrogens with zero attached hydrogens (tertiary/aromatic N) is 1. The number of aromatic nitrogens is 1. The van der Waals surface area contributed by atoms with Crippen molar-refractivity contribution in [3.63, 3.8) is 0 Å². The van der Waals surface area contributed by atoms with Crippen LogP contribution >= 0.6 is 11.6 Å². The Kier molecular flexibility index (Phi) is 4.99. The van der Waals surface area contributed by atoms with E-state index in [4.69, 9.17) is 16.7 Å². The van der Waals surface area contributed by atoms with E-state index in [1.165, 1.54) is 7.11 Å². The molecule has 0 radical (unpaired) electrons. The van der Waals surface area contributed by atoms with Gasteiger partial charge in [-0.15, -0.1) is 0 Å². The fourth-order valence-electron chi connectivity index (χ4n) is 1.16. The quantitative estimate of drug-likeness (QED) is 0.773. The van der Waals surface area contributed by atoms with E-state index in [9.17, 15) is 14.0 Å². The molecule has 8 heteroatoms. The minimum atomic E-state index is -1.27. The van der Waals surface area contributed by atoms with E-state index in [1.54, 1.807) is 0 Å². The van der Waals surface area contributed by atoms with Crippen LogP contribution in [-0.4, -0.2) is 41.7 Å². The van der Waals surface area contributed by atoms with E-state index < -0.39 is 23.7 Å². The molecule has 0 fully saturated rings. The summed E-state index contributed by atoms with van der Waals surface area (Å²) in [5.74, 6) is -2.86. The predicted molar refractivity (Wildman–Crippen MR) is 60.0 cm³/mol. The van der Waals surface area contributed by atoms with E-state index >= 15 is 0 Å². The summed E-state index contributed by atoms with van der Waals surface area (Å²) >= 11 is 5.61. The van der Waals surface area contributed by atoms with Gasteiger partial charge in [-0.05, 0) is 6.07 Å². The Hall–Kier alpha value is -1.73. The number of amides is 1. The molecule has 1 aromatic rings. The smallest absolute Gasteiger partial charge is 0.328 e. The standard InChI is InChI=1S/C10H10ClFN2O4/c1-18-4-7(10(16)17)14-9(15)6-2-5(12)3-13-8(6)11/h2-3,7H,4H2,1H3,(H,14,15)(H,16,17). The number of carboxylic acids is 1. The number of methoxy groups -OCH3 is 1. The van der Waals surface area contributed by atoms with Crippen LogP contribution in [0.5, 0.6) is 0 Å². The van der Waals surface area contributed by atoms with Crippen molar-refractivity contribution in [3.8, 4) is 0 Å². The molecule has 1 atom stereocenters. The average Bonchev–Trinajstić information content (AvgIpc) is 2.31. The van der Waals surface area contributed by atoms with Crippen molar-refractivity contribution in [1.82, 2.24) is 10.3 Å². The Balaban J connectivity index is 2.86. The van der Waals surface area contributed by atoms with Gasteiger partial charge >= 0.3 is 5.97 Å². The molecule has 0 aliphatic heterocycles. The summed E-state index contributed by atoms with van der Waals surface area (Å²) < 4.78 is 17.5. The largest absolute Gasteiger partial charge is 0.480 e. The number of carbonyl (C=O) groups excluding carboxylic acids is 1. The van der Waals surface area contributed by atoms with Gasteiger partial charge in [0, 0.05) is 7.11 Å². The summed E-state index contributed by atoms with van der Waals surface area (Å²) in [6.07, 6.45) is 0.850. The van der Waals surface area contributed by atoms with E-state index in [0.29, 0.717) is 0 Å². The Morgan fingerprint density at radius 1 is 1.67 bits per heavy atom. The molecule has 0 saturated carbocycles. The maximum Gasteiger partial charge on any atom is 0.328 e. The normalized spacial score (nSPS) is 11.9. The highest BCUT2D eigenvalue weighted by Crippen LogP contribution is 2.13. The van der Waals surface area contributed by atoms with Crippen LogP contribution in [0.2, 0.25) is 5.15 Å². The lowest BCUT2D eigenvalue weighted by Gasteiger charge is -2.13. The van der Waals surface area contributed by atoms with Crippen molar-refractivity contribution in [1.29, 1.82) is 0 Å². The highest BCUT2D eigenvalue weighted by atomic mass is 35.5. The van der Waals surface area contributed by atoms with Gasteiger partial charge in [0.05, 0.1) is 18.4 Å². The second kappa shape index (κ2) is 6.27. The lowest BCUT2D eigenvalue weighted by atomic mass is 10.2. The van der Waals surface area contributed by atoms with Crippen molar-refractivity contribution >= 4 is 23.5 Å². The minimum absolute atomic E-state index is 0.213. The number of carboxylic acid groups (broad SMARTS) is 1. The molecule has 98 valence electrons. The molecule has 0 aromatic carbocycles. The summed E-state index contributed by atoms with van der Waals surface area (Å²) in [5.41, 5.74) is -0.237. The van der Waals surface area contributed by atoms with Crippen LogP contribution in [0.1, 0.15) is 10.4 Å². The molecule has 0 aliphatic carbocycles. The summed E-state index contributed by atoms with van der Waals surface area (Å²) in [6, 6.07) is -0.377. The number of hydrogen-bond acceptors (Lipinski definition) is 4. The van der Waals surface area contributed by atoms with Gasteiger partial charge < -0.3 is 15.2 Å². The SMILES string of the molecule is COCC(NC(=O)c1cc(F)cnc1Cl)C(=O)O. The second-order valence-corrected chi connectivity index (χ2v) is 3.67. The van der Waals surface area contributed by atoms with Crippen LogP contribution in [-0.2, 0) is 9.53 Å². The topological polar surface area (TPSA) is 88.5 Å². The molecule has 1 rings (SSSR count). The summed E-state index contributed by atoms with van der Waals surface area (Å²) in [5, 5.41) is 10.7. The predicted octanol–water partition coefficient (Wildman–Crippen LogP) is 0.704. The molecule has 0 bridgehead atoms. The summed E-state index contributed by atoms with van der Waals surface area (Å²) in [4.78, 5) is 25.9. The zero-order valence-electron chi connectivity index (χ0n) is 9.31. The maximum absolute atomic E-state index is 12.9. The number of rotatable bonds is 5. The lowest BCUT2D eigenvalue weighted by Crippen LogP contribution is -2.44. The lowest BCUT2D eigenvalue weighted by molar-refractivity contribution is -0.140. The van der Waals surface area contributed by atoms with Crippen LogP contribution in [0.3, 0.4) is 0 Å². The summed E-state index contributed by atoms with van der Waals surface area (Å²) in [7, 11) is 1.29. The van der Waals surface area contributed by atoms with Gasteiger partial charge in [0.1, 0.15) is 11.0 Å². The van der Waals surface area contributed by atoms with Crippen LogP contribution < -0.4 is 5.32 Å². The van der Waals surface area contributed by atoms with Crippen molar-refractivity contribution in [2.24, 2.45) is 0 Å². The summed E-state index contributed by atoms with van der Waals surface area (Å²) in [6.45, 7) is -0.221. The van der Waals surface area contributed by atoms with Crippen molar-refractivity contribution in [2.45, 2.75) is 6.04 Å². The van der Waals surface area contributed by atoms with E-state index in [0.717, 1.165) is 12.3 Å². The number of carbonyl (C=O) groups is 2. The highest BCUT2D eigenvalue weighted by Gasteiger charge is 2.22. The maximum atomic E-state index is 12.9. The zero-order valence-corrected chi connectivity index (χ0v) is 10.1. The number of hydrogen-bond donors (Lipinski definition) is 2. The molecule has 1 heterocycles. The number of halogens is 2. The van der Waals surface area contributed by atoms with Crippen LogP contribution in [0.4, 0.5) is 4.39 Å². The average molecular weight is 277 g/mol. The van der Waals surface area contributed by atoms with E-state index in [1.807, 2.05) is 0 Å². The van der Waals surface area contributed by atoms with Gasteiger partial charge in [0.2, 0.25) is 0 Å². The molecule has 2 N–H and O–H groups in total. The third-order valence-corrected chi connectivity index (χ3v) is 2.29. The second-order valence-electron chi connectivity index (χ2n) is 3.31. The number of pyridine rings is 1. The first-order chi connectivity index (χ1) is 8.45. The molecular formula is C10H10ClFN2O4. The first kappa shape index (κ1) is 14.3. The third-order valence-electron chi connectivity index (χ3n) is 1.99. The third kappa shape index (κ3) is 3.64. The molecule has 1 amide bonds. The molecular weight excluding hydrogens is 267 g/mol. The highest BCUT2D eigenvalue weighted by molar-refractivity contribution is 6.32. The van der Waals surface area contributed by atoms with Crippen LogP contribution in [0.15, 0.2) is 12.3 Å². The molecule has 1 unspecified atom stereocenters. The van der Waals surface area contributed by atoms with Gasteiger partial charge in [-0.3, -0.25) is 4.79 Å². The van der Waals surface area contributed by atoms with Gasteiger partial charge in [-0.1, -0.05) is 11.6 Å². The molecule has 0 aliphatic rings. The first-order valence-electron chi connectivity index (χ1n) is 4.79. The van der Waals surface area contributed by atoms with Gasteiger partial charge in [0.25, 0.3) is 5.91 Å². The van der Waals surface area contributed by atoms with Crippen molar-refractivity contribution in [3.05, 3.63) is 28.8 Å². The Morgan fingerprint density at radius 3 is 2.89 bits per heavy atom. The Bertz CT molecular complexity index is 469. The molecule has 18 heavy (non-hydrogen) atoms. The van der Waals surface area contributed by atoms with E-state index in [-0.39, 0.29) is 17.3 Å². The van der Waals surface area contributed by atoms with Gasteiger partial charge in [-0.2, -0.15) is 0 Å².